The summed E-state index contributed by atoms with van der Waals surface area (Å²) in [6.07, 6.45) is 0.686. The van der Waals surface area contributed by atoms with Crippen LogP contribution < -0.4 is 20.8 Å². The molecule has 0 saturated carbocycles. The third kappa shape index (κ3) is 7.34. The molecule has 1 aromatic heterocycles. The summed E-state index contributed by atoms with van der Waals surface area (Å²) in [6, 6.07) is 24.1. The number of anilines is 4. The fourth-order valence-electron chi connectivity index (χ4n) is 3.49. The van der Waals surface area contributed by atoms with Crippen molar-refractivity contribution in [2.45, 2.75) is 18.2 Å². The molecule has 3 aromatic carbocycles. The molecule has 196 valence electrons. The monoisotopic (exact) mass is 533 g/mol. The summed E-state index contributed by atoms with van der Waals surface area (Å²) in [5.41, 5.74) is 6.19. The third-order valence-electron chi connectivity index (χ3n) is 5.58. The summed E-state index contributed by atoms with van der Waals surface area (Å²) in [4.78, 5) is 9.25. The van der Waals surface area contributed by atoms with Gasteiger partial charge >= 0.3 is 0 Å². The zero-order valence-electron chi connectivity index (χ0n) is 20.9. The predicted octanol–water partition coefficient (Wildman–Crippen LogP) is 4.76. The van der Waals surface area contributed by atoms with Crippen molar-refractivity contribution in [1.29, 1.82) is 0 Å². The fourth-order valence-corrected chi connectivity index (χ4v) is 4.22. The molecule has 11 heteroatoms. The van der Waals surface area contributed by atoms with Crippen molar-refractivity contribution in [3.8, 4) is 0 Å². The van der Waals surface area contributed by atoms with Gasteiger partial charge < -0.3 is 10.6 Å². The van der Waals surface area contributed by atoms with Crippen LogP contribution in [0.1, 0.15) is 18.1 Å². The highest BCUT2D eigenvalue weighted by atomic mass is 32.2. The van der Waals surface area contributed by atoms with Gasteiger partial charge in [-0.05, 0) is 67.9 Å². The van der Waals surface area contributed by atoms with E-state index in [-0.39, 0.29) is 10.7 Å². The Morgan fingerprint density at radius 2 is 1.61 bits per heavy atom. The zero-order valence-corrected chi connectivity index (χ0v) is 21.8. The topological polar surface area (TPSA) is 120 Å². The molecule has 0 amide bonds. The minimum atomic E-state index is -3.51. The summed E-state index contributed by atoms with van der Waals surface area (Å²) in [6.45, 7) is 2.39. The lowest BCUT2D eigenvalue weighted by atomic mass is 10.1. The summed E-state index contributed by atoms with van der Waals surface area (Å²) in [5, 5.41) is 10.9. The smallest absolute Gasteiger partial charge is 0.240 e. The lowest BCUT2D eigenvalue weighted by molar-refractivity contribution is 0.588. The molecule has 1 heterocycles. The minimum Gasteiger partial charge on any atom is -0.370 e. The maximum absolute atomic E-state index is 13.2. The van der Waals surface area contributed by atoms with E-state index in [0.29, 0.717) is 36.3 Å². The molecular formula is C27H28FN7O2S. The second-order valence-electron chi connectivity index (χ2n) is 8.30. The number of hydrazone groups is 1. The Morgan fingerprint density at radius 3 is 2.29 bits per heavy atom. The second-order valence-corrected chi connectivity index (χ2v) is 10.2. The van der Waals surface area contributed by atoms with Crippen molar-refractivity contribution in [3.63, 3.8) is 0 Å². The van der Waals surface area contributed by atoms with E-state index < -0.39 is 10.0 Å². The molecule has 0 bridgehead atoms. The Kier molecular flexibility index (Phi) is 8.62. The van der Waals surface area contributed by atoms with Crippen molar-refractivity contribution < 1.29 is 12.8 Å². The quantitative estimate of drug-likeness (QED) is 0.162. The Balaban J connectivity index is 1.50. The first-order valence-corrected chi connectivity index (χ1v) is 13.3. The van der Waals surface area contributed by atoms with Crippen LogP contribution in [0.4, 0.5) is 27.7 Å². The predicted molar refractivity (Wildman–Crippen MR) is 149 cm³/mol. The highest BCUT2D eigenvalue weighted by Gasteiger charge is 2.11. The zero-order chi connectivity index (χ0) is 27.0. The molecule has 4 aromatic rings. The van der Waals surface area contributed by atoms with E-state index >= 15 is 0 Å². The average molecular weight is 534 g/mol. The third-order valence-corrected chi connectivity index (χ3v) is 7.01. The van der Waals surface area contributed by atoms with Crippen LogP contribution in [0.3, 0.4) is 0 Å². The first-order valence-electron chi connectivity index (χ1n) is 11.9. The van der Waals surface area contributed by atoms with Gasteiger partial charge in [-0.3, -0.25) is 5.43 Å². The Morgan fingerprint density at radius 1 is 0.921 bits per heavy atom. The first-order chi connectivity index (χ1) is 18.3. The molecule has 4 rings (SSSR count). The molecule has 0 unspecified atom stereocenters. The van der Waals surface area contributed by atoms with Gasteiger partial charge in [-0.1, -0.05) is 42.5 Å². The highest BCUT2D eigenvalue weighted by Crippen LogP contribution is 2.19. The minimum absolute atomic E-state index is 0.174. The largest absolute Gasteiger partial charge is 0.370 e. The number of nitrogens with one attached hydrogen (secondary N) is 4. The Bertz CT molecular complexity index is 1500. The van der Waals surface area contributed by atoms with Gasteiger partial charge in [0.2, 0.25) is 16.0 Å². The van der Waals surface area contributed by atoms with E-state index in [4.69, 9.17) is 0 Å². The molecule has 0 aliphatic heterocycles. The molecule has 0 saturated heterocycles. The van der Waals surface area contributed by atoms with Gasteiger partial charge in [-0.15, -0.1) is 0 Å². The fraction of sp³-hybridized carbons (Fsp3) is 0.148. The van der Waals surface area contributed by atoms with E-state index in [0.717, 1.165) is 16.8 Å². The number of halogens is 1. The molecule has 0 radical (unpaired) electrons. The van der Waals surface area contributed by atoms with Gasteiger partial charge in [0.15, 0.2) is 5.82 Å². The Hall–Kier alpha value is -4.35. The molecule has 38 heavy (non-hydrogen) atoms. The number of aromatic nitrogens is 2. The molecule has 4 N–H and O–H groups in total. The van der Waals surface area contributed by atoms with Crippen LogP contribution in [0.5, 0.6) is 0 Å². The first kappa shape index (κ1) is 26.7. The number of rotatable bonds is 11. The molecule has 0 atom stereocenters. The lowest BCUT2D eigenvalue weighted by Gasteiger charge is -2.12. The summed E-state index contributed by atoms with van der Waals surface area (Å²) < 4.78 is 39.4. The van der Waals surface area contributed by atoms with E-state index in [1.54, 1.807) is 37.3 Å². The summed E-state index contributed by atoms with van der Waals surface area (Å²) in [5.74, 6) is 1.15. The number of hydrogen-bond donors (Lipinski definition) is 4. The lowest BCUT2D eigenvalue weighted by Crippen LogP contribution is -2.18. The van der Waals surface area contributed by atoms with Crippen LogP contribution in [0.2, 0.25) is 0 Å². The highest BCUT2D eigenvalue weighted by molar-refractivity contribution is 7.89. The molecule has 9 nitrogen and oxygen atoms in total. The number of hydrogen-bond acceptors (Lipinski definition) is 8. The van der Waals surface area contributed by atoms with Crippen LogP contribution >= 0.6 is 0 Å². The van der Waals surface area contributed by atoms with E-state index in [9.17, 15) is 12.8 Å². The molecule has 0 fully saturated rings. The van der Waals surface area contributed by atoms with Crippen LogP contribution in [0.25, 0.3) is 0 Å². The van der Waals surface area contributed by atoms with E-state index in [1.807, 2.05) is 30.3 Å². The van der Waals surface area contributed by atoms with E-state index in [1.165, 1.54) is 31.3 Å². The molecular weight excluding hydrogens is 505 g/mol. The molecule has 0 aliphatic carbocycles. The van der Waals surface area contributed by atoms with Crippen LogP contribution in [-0.4, -0.2) is 37.7 Å². The van der Waals surface area contributed by atoms with Crippen molar-refractivity contribution in [2.75, 3.05) is 29.7 Å². The average Bonchev–Trinajstić information content (AvgIpc) is 2.93. The van der Waals surface area contributed by atoms with Gasteiger partial charge in [-0.25, -0.2) is 17.5 Å². The van der Waals surface area contributed by atoms with Crippen molar-refractivity contribution in [3.05, 3.63) is 102 Å². The van der Waals surface area contributed by atoms with Crippen molar-refractivity contribution >= 4 is 39.0 Å². The summed E-state index contributed by atoms with van der Waals surface area (Å²) in [7, 11) is -2.14. The number of sulfonamides is 1. The van der Waals surface area contributed by atoms with Gasteiger partial charge in [0.25, 0.3) is 0 Å². The number of benzene rings is 3. The number of para-hydroxylation sites is 1. The van der Waals surface area contributed by atoms with Gasteiger partial charge in [0.05, 0.1) is 10.6 Å². The van der Waals surface area contributed by atoms with Crippen molar-refractivity contribution in [2.24, 2.45) is 5.10 Å². The SMILES string of the molecule is CNS(=O)(=O)c1ccc(C(C)=NNc2cc(NCCc3ccc(F)cc3)nc(Nc3ccccc3)n2)cc1. The number of nitrogens with zero attached hydrogens (tertiary/aromatic N) is 3. The second kappa shape index (κ2) is 12.3. The van der Waals surface area contributed by atoms with Crippen LogP contribution in [0.15, 0.2) is 94.9 Å². The standard InChI is InChI=1S/C27H28FN7O2S/c1-19(21-10-14-24(15-11-21)38(36,37)29-2)34-35-26-18-25(30-17-16-20-8-12-22(28)13-9-20)32-27(33-26)31-23-6-4-3-5-7-23/h3-15,18,29H,16-17H2,1-2H3,(H3,30,31,32,33,35). The van der Waals surface area contributed by atoms with Gasteiger partial charge in [0, 0.05) is 18.3 Å². The van der Waals surface area contributed by atoms with Crippen LogP contribution in [-0.2, 0) is 16.4 Å². The van der Waals surface area contributed by atoms with E-state index in [2.05, 4.69) is 35.9 Å². The summed E-state index contributed by atoms with van der Waals surface area (Å²) >= 11 is 0. The maximum Gasteiger partial charge on any atom is 0.240 e. The Labute approximate surface area is 221 Å². The molecule has 0 spiro atoms. The van der Waals surface area contributed by atoms with Crippen molar-refractivity contribution in [1.82, 2.24) is 14.7 Å². The van der Waals surface area contributed by atoms with Gasteiger partial charge in [-0.2, -0.15) is 15.1 Å². The van der Waals surface area contributed by atoms with Gasteiger partial charge in [0.1, 0.15) is 11.6 Å². The van der Waals surface area contributed by atoms with Crippen LogP contribution in [0, 0.1) is 5.82 Å². The normalized spacial score (nSPS) is 11.7. The molecule has 0 aliphatic rings. The maximum atomic E-state index is 13.2.